The molecule has 2 atom stereocenters. The Morgan fingerprint density at radius 2 is 2.24 bits per heavy atom. The predicted octanol–water partition coefficient (Wildman–Crippen LogP) is 0.966. The number of aliphatic hydroxyl groups excluding tert-OH is 1. The number of methoxy groups -OCH3 is 1. The Morgan fingerprint density at radius 1 is 1.43 bits per heavy atom. The third kappa shape index (κ3) is 4.52. The van der Waals surface area contributed by atoms with E-state index in [0.717, 1.165) is 6.54 Å². The zero-order valence-corrected chi connectivity index (χ0v) is 11.8. The Kier molecular flexibility index (Phi) is 5.72. The molecule has 0 amide bonds. The van der Waals surface area contributed by atoms with E-state index in [2.05, 4.69) is 15.4 Å². The predicted molar refractivity (Wildman–Crippen MR) is 73.7 cm³/mol. The summed E-state index contributed by atoms with van der Waals surface area (Å²) in [4.78, 5) is 0. The number of rotatable bonds is 7. The van der Waals surface area contributed by atoms with Crippen LogP contribution in [0.1, 0.15) is 5.56 Å². The van der Waals surface area contributed by atoms with Crippen molar-refractivity contribution in [2.75, 3.05) is 26.7 Å². The Labute approximate surface area is 122 Å². The normalized spacial score (nSPS) is 21.8. The van der Waals surface area contributed by atoms with Gasteiger partial charge in [0, 0.05) is 37.7 Å². The van der Waals surface area contributed by atoms with Gasteiger partial charge in [0.25, 0.3) is 0 Å². The zero-order chi connectivity index (χ0) is 15.2. The fourth-order valence-electron chi connectivity index (χ4n) is 2.35. The first kappa shape index (κ1) is 15.9. The first-order valence-corrected chi connectivity index (χ1v) is 6.81. The van der Waals surface area contributed by atoms with Crippen LogP contribution in [-0.2, 0) is 6.54 Å². The second kappa shape index (κ2) is 7.53. The van der Waals surface area contributed by atoms with Gasteiger partial charge in [-0.25, -0.2) is 0 Å². The summed E-state index contributed by atoms with van der Waals surface area (Å²) in [7, 11) is 1.51. The third-order valence-corrected chi connectivity index (χ3v) is 3.51. The summed E-state index contributed by atoms with van der Waals surface area (Å²) in [5.41, 5.74) is 0.593. The second-order valence-electron chi connectivity index (χ2n) is 4.97. The molecule has 21 heavy (non-hydrogen) atoms. The van der Waals surface area contributed by atoms with E-state index < -0.39 is 6.61 Å². The molecule has 0 spiro atoms. The van der Waals surface area contributed by atoms with Crippen LogP contribution in [0, 0.1) is 5.92 Å². The molecular formula is C14H20F2N2O3. The summed E-state index contributed by atoms with van der Waals surface area (Å²) < 4.78 is 34.4. The topological polar surface area (TPSA) is 62.8 Å². The summed E-state index contributed by atoms with van der Waals surface area (Å²) in [6, 6.07) is 4.70. The average Bonchev–Trinajstić information content (AvgIpc) is 2.85. The number of alkyl halides is 2. The van der Waals surface area contributed by atoms with E-state index >= 15 is 0 Å². The molecule has 1 fully saturated rings. The van der Waals surface area contributed by atoms with E-state index in [1.54, 1.807) is 12.1 Å². The minimum Gasteiger partial charge on any atom is -0.497 e. The zero-order valence-electron chi connectivity index (χ0n) is 11.8. The molecular weight excluding hydrogens is 282 g/mol. The van der Waals surface area contributed by atoms with Gasteiger partial charge in [-0.15, -0.1) is 0 Å². The van der Waals surface area contributed by atoms with Crippen molar-refractivity contribution in [3.8, 4) is 11.5 Å². The average molecular weight is 302 g/mol. The lowest BCUT2D eigenvalue weighted by Crippen LogP contribution is -2.30. The number of β-amino-alcohol motifs (C(OH)–C–C–N with tert-alkyl or cyclic N) is 1. The second-order valence-corrected chi connectivity index (χ2v) is 4.97. The van der Waals surface area contributed by atoms with Gasteiger partial charge >= 0.3 is 6.61 Å². The number of halogens is 2. The Morgan fingerprint density at radius 3 is 2.86 bits per heavy atom. The van der Waals surface area contributed by atoms with Crippen LogP contribution in [-0.4, -0.2) is 44.6 Å². The maximum atomic E-state index is 12.4. The standard InChI is InChI=1S/C14H20F2N2O3/c1-20-11-2-3-13(21-14(15)16)9(4-11)5-17-6-10-7-18-8-12(10)19/h2-4,10,12,14,17-19H,5-8H2,1H3. The van der Waals surface area contributed by atoms with Gasteiger partial charge in [0.2, 0.25) is 0 Å². The third-order valence-electron chi connectivity index (χ3n) is 3.51. The van der Waals surface area contributed by atoms with Crippen LogP contribution in [0.3, 0.4) is 0 Å². The first-order valence-electron chi connectivity index (χ1n) is 6.81. The molecule has 5 nitrogen and oxygen atoms in total. The van der Waals surface area contributed by atoms with Crippen molar-refractivity contribution in [3.63, 3.8) is 0 Å². The number of benzene rings is 1. The van der Waals surface area contributed by atoms with Gasteiger partial charge in [-0.3, -0.25) is 0 Å². The van der Waals surface area contributed by atoms with Crippen LogP contribution in [0.4, 0.5) is 8.78 Å². The van der Waals surface area contributed by atoms with Crippen molar-refractivity contribution in [1.29, 1.82) is 0 Å². The van der Waals surface area contributed by atoms with Crippen LogP contribution in [0.15, 0.2) is 18.2 Å². The van der Waals surface area contributed by atoms with Crippen LogP contribution in [0.5, 0.6) is 11.5 Å². The molecule has 1 aromatic rings. The van der Waals surface area contributed by atoms with Crippen molar-refractivity contribution in [2.24, 2.45) is 5.92 Å². The molecule has 118 valence electrons. The molecule has 1 aliphatic rings. The molecule has 0 aromatic heterocycles. The van der Waals surface area contributed by atoms with Gasteiger partial charge in [-0.2, -0.15) is 8.78 Å². The molecule has 1 heterocycles. The van der Waals surface area contributed by atoms with Crippen LogP contribution < -0.4 is 20.1 Å². The largest absolute Gasteiger partial charge is 0.497 e. The lowest BCUT2D eigenvalue weighted by atomic mass is 10.1. The SMILES string of the molecule is COc1ccc(OC(F)F)c(CNCC2CNCC2O)c1. The van der Waals surface area contributed by atoms with E-state index in [0.29, 0.717) is 30.9 Å². The Hall–Kier alpha value is -1.44. The van der Waals surface area contributed by atoms with Gasteiger partial charge in [0.15, 0.2) is 0 Å². The Balaban J connectivity index is 1.96. The molecule has 7 heteroatoms. The lowest BCUT2D eigenvalue weighted by Gasteiger charge is -2.16. The monoisotopic (exact) mass is 302 g/mol. The van der Waals surface area contributed by atoms with E-state index in [9.17, 15) is 13.9 Å². The minimum absolute atomic E-state index is 0.120. The fraction of sp³-hybridized carbons (Fsp3) is 0.571. The number of aliphatic hydroxyl groups is 1. The molecule has 1 aliphatic heterocycles. The molecule has 0 aliphatic carbocycles. The highest BCUT2D eigenvalue weighted by atomic mass is 19.3. The minimum atomic E-state index is -2.86. The summed E-state index contributed by atoms with van der Waals surface area (Å²) in [5.74, 6) is 0.828. The van der Waals surface area contributed by atoms with Gasteiger partial charge in [-0.05, 0) is 18.2 Å². The van der Waals surface area contributed by atoms with Gasteiger partial charge in [0.05, 0.1) is 13.2 Å². The number of nitrogens with one attached hydrogen (secondary N) is 2. The molecule has 3 N–H and O–H groups in total. The van der Waals surface area contributed by atoms with Gasteiger partial charge in [0.1, 0.15) is 11.5 Å². The lowest BCUT2D eigenvalue weighted by molar-refractivity contribution is -0.0505. The number of ether oxygens (including phenoxy) is 2. The quantitative estimate of drug-likeness (QED) is 0.700. The fourth-order valence-corrected chi connectivity index (χ4v) is 2.35. The van der Waals surface area contributed by atoms with E-state index in [1.807, 2.05) is 0 Å². The summed E-state index contributed by atoms with van der Waals surface area (Å²) in [6.45, 7) is -0.571. The molecule has 1 aromatic carbocycles. The molecule has 0 bridgehead atoms. The van der Waals surface area contributed by atoms with Crippen LogP contribution >= 0.6 is 0 Å². The summed E-state index contributed by atoms with van der Waals surface area (Å²) in [5, 5.41) is 15.9. The molecule has 2 rings (SSSR count). The highest BCUT2D eigenvalue weighted by molar-refractivity contribution is 5.40. The Bertz CT molecular complexity index is 460. The maximum absolute atomic E-state index is 12.4. The highest BCUT2D eigenvalue weighted by Gasteiger charge is 2.24. The molecule has 0 saturated carbocycles. The smallest absolute Gasteiger partial charge is 0.387 e. The number of hydrogen-bond acceptors (Lipinski definition) is 5. The highest BCUT2D eigenvalue weighted by Crippen LogP contribution is 2.25. The van der Waals surface area contributed by atoms with Crippen LogP contribution in [0.2, 0.25) is 0 Å². The van der Waals surface area contributed by atoms with E-state index in [4.69, 9.17) is 4.74 Å². The molecule has 2 unspecified atom stereocenters. The number of hydrogen-bond donors (Lipinski definition) is 3. The van der Waals surface area contributed by atoms with Crippen molar-refractivity contribution in [2.45, 2.75) is 19.3 Å². The summed E-state index contributed by atoms with van der Waals surface area (Å²) >= 11 is 0. The van der Waals surface area contributed by atoms with E-state index in [-0.39, 0.29) is 17.8 Å². The van der Waals surface area contributed by atoms with Gasteiger partial charge < -0.3 is 25.2 Å². The van der Waals surface area contributed by atoms with Crippen molar-refractivity contribution < 1.29 is 23.4 Å². The summed E-state index contributed by atoms with van der Waals surface area (Å²) in [6.07, 6.45) is -0.375. The molecule has 1 saturated heterocycles. The maximum Gasteiger partial charge on any atom is 0.387 e. The van der Waals surface area contributed by atoms with E-state index in [1.165, 1.54) is 13.2 Å². The van der Waals surface area contributed by atoms with Crippen molar-refractivity contribution in [3.05, 3.63) is 23.8 Å². The van der Waals surface area contributed by atoms with Crippen LogP contribution in [0.25, 0.3) is 0 Å². The van der Waals surface area contributed by atoms with Gasteiger partial charge in [-0.1, -0.05) is 0 Å². The molecule has 0 radical (unpaired) electrons. The van der Waals surface area contributed by atoms with Crippen molar-refractivity contribution >= 4 is 0 Å². The first-order chi connectivity index (χ1) is 10.1. The van der Waals surface area contributed by atoms with Crippen molar-refractivity contribution in [1.82, 2.24) is 10.6 Å².